The van der Waals surface area contributed by atoms with Crippen LogP contribution in [0.2, 0.25) is 0 Å². The SMILES string of the molecule is CC(C)C(C(C)C)[C@@H](CC(=O)O)NC(=O)OCc1ccccc1. The van der Waals surface area contributed by atoms with E-state index in [9.17, 15) is 9.59 Å². The predicted octanol–water partition coefficient (Wildman–Crippen LogP) is 3.68. The summed E-state index contributed by atoms with van der Waals surface area (Å²) < 4.78 is 5.21. The van der Waals surface area contributed by atoms with Crippen molar-refractivity contribution >= 4 is 12.1 Å². The molecule has 1 aromatic rings. The van der Waals surface area contributed by atoms with E-state index in [0.717, 1.165) is 5.56 Å². The lowest BCUT2D eigenvalue weighted by Crippen LogP contribution is -2.45. The number of aliphatic carboxylic acids is 1. The van der Waals surface area contributed by atoms with E-state index in [0.29, 0.717) is 0 Å². The molecular weight excluding hydrogens is 294 g/mol. The molecule has 1 aromatic carbocycles. The Morgan fingerprint density at radius 2 is 1.65 bits per heavy atom. The fourth-order valence-electron chi connectivity index (χ4n) is 3.09. The molecule has 128 valence electrons. The third-order valence-electron chi connectivity index (χ3n) is 3.91. The van der Waals surface area contributed by atoms with Crippen LogP contribution in [0.3, 0.4) is 0 Å². The van der Waals surface area contributed by atoms with Crippen molar-refractivity contribution in [2.24, 2.45) is 17.8 Å². The molecule has 5 nitrogen and oxygen atoms in total. The highest BCUT2D eigenvalue weighted by molar-refractivity contribution is 5.71. The molecule has 0 aromatic heterocycles. The third kappa shape index (κ3) is 6.72. The molecular formula is C18H27NO4. The summed E-state index contributed by atoms with van der Waals surface area (Å²) in [5, 5.41) is 11.9. The molecule has 0 aliphatic rings. The van der Waals surface area contributed by atoms with Gasteiger partial charge in [0.1, 0.15) is 6.61 Å². The summed E-state index contributed by atoms with van der Waals surface area (Å²) >= 11 is 0. The zero-order chi connectivity index (χ0) is 17.4. The van der Waals surface area contributed by atoms with Gasteiger partial charge in [0.15, 0.2) is 0 Å². The summed E-state index contributed by atoms with van der Waals surface area (Å²) in [6, 6.07) is 8.92. The highest BCUT2D eigenvalue weighted by Gasteiger charge is 2.30. The standard InChI is InChI=1S/C18H27NO4/c1-12(2)17(13(3)4)15(10-16(20)21)19-18(22)23-11-14-8-6-5-7-9-14/h5-9,12-13,15,17H,10-11H2,1-4H3,(H,19,22)(H,20,21)/t15-/m1/s1. The third-order valence-corrected chi connectivity index (χ3v) is 3.91. The lowest BCUT2D eigenvalue weighted by molar-refractivity contribution is -0.138. The van der Waals surface area contributed by atoms with Gasteiger partial charge in [-0.15, -0.1) is 0 Å². The fourth-order valence-corrected chi connectivity index (χ4v) is 3.09. The van der Waals surface area contributed by atoms with Crippen molar-refractivity contribution in [1.82, 2.24) is 5.32 Å². The Morgan fingerprint density at radius 3 is 2.13 bits per heavy atom. The highest BCUT2D eigenvalue weighted by atomic mass is 16.5. The summed E-state index contributed by atoms with van der Waals surface area (Å²) in [6.45, 7) is 8.32. The number of hydrogen-bond donors (Lipinski definition) is 2. The van der Waals surface area contributed by atoms with Crippen LogP contribution in [0.5, 0.6) is 0 Å². The van der Waals surface area contributed by atoms with E-state index in [2.05, 4.69) is 5.32 Å². The number of rotatable bonds is 8. The Kier molecular flexibility index (Phi) is 7.59. The minimum atomic E-state index is -0.926. The molecule has 2 N–H and O–H groups in total. The van der Waals surface area contributed by atoms with Crippen molar-refractivity contribution in [2.75, 3.05) is 0 Å². The van der Waals surface area contributed by atoms with Gasteiger partial charge in [-0.2, -0.15) is 0 Å². The average molecular weight is 321 g/mol. The first kappa shape index (κ1) is 19.0. The van der Waals surface area contributed by atoms with Crippen LogP contribution in [0.15, 0.2) is 30.3 Å². The molecule has 0 saturated heterocycles. The summed E-state index contributed by atoms with van der Waals surface area (Å²) in [4.78, 5) is 23.2. The van der Waals surface area contributed by atoms with Crippen molar-refractivity contribution in [1.29, 1.82) is 0 Å². The normalized spacial score (nSPS) is 12.5. The second-order valence-electron chi connectivity index (χ2n) is 6.48. The molecule has 1 rings (SSSR count). The Labute approximate surface area is 138 Å². The quantitative estimate of drug-likeness (QED) is 0.766. The molecule has 5 heteroatoms. The lowest BCUT2D eigenvalue weighted by atomic mass is 9.78. The maximum atomic E-state index is 12.0. The molecule has 1 amide bonds. The summed E-state index contributed by atoms with van der Waals surface area (Å²) in [5.74, 6) is -0.345. The van der Waals surface area contributed by atoms with Gasteiger partial charge >= 0.3 is 12.1 Å². The molecule has 1 atom stereocenters. The van der Waals surface area contributed by atoms with Crippen molar-refractivity contribution < 1.29 is 19.4 Å². The fraction of sp³-hybridized carbons (Fsp3) is 0.556. The van der Waals surface area contributed by atoms with Gasteiger partial charge in [-0.05, 0) is 23.3 Å². The number of alkyl carbamates (subject to hydrolysis) is 1. The van der Waals surface area contributed by atoms with Gasteiger partial charge in [0.2, 0.25) is 0 Å². The molecule has 0 unspecified atom stereocenters. The van der Waals surface area contributed by atoms with Crippen LogP contribution in [-0.4, -0.2) is 23.2 Å². The minimum absolute atomic E-state index is 0.0652. The zero-order valence-corrected chi connectivity index (χ0v) is 14.3. The van der Waals surface area contributed by atoms with E-state index in [1.807, 2.05) is 58.0 Å². The first-order valence-electron chi connectivity index (χ1n) is 8.00. The van der Waals surface area contributed by atoms with Gasteiger partial charge < -0.3 is 15.2 Å². The monoisotopic (exact) mass is 321 g/mol. The van der Waals surface area contributed by atoms with E-state index in [1.54, 1.807) is 0 Å². The number of carboxylic acids is 1. The zero-order valence-electron chi connectivity index (χ0n) is 14.3. The van der Waals surface area contributed by atoms with Crippen LogP contribution in [0.4, 0.5) is 4.79 Å². The topological polar surface area (TPSA) is 75.6 Å². The average Bonchev–Trinajstić information content (AvgIpc) is 2.44. The van der Waals surface area contributed by atoms with E-state index < -0.39 is 18.1 Å². The number of ether oxygens (including phenoxy) is 1. The summed E-state index contributed by atoms with van der Waals surface area (Å²) in [7, 11) is 0. The smallest absolute Gasteiger partial charge is 0.407 e. The van der Waals surface area contributed by atoms with Gasteiger partial charge in [0.25, 0.3) is 0 Å². The Bertz CT molecular complexity index is 491. The number of amides is 1. The predicted molar refractivity (Wildman–Crippen MR) is 89.0 cm³/mol. The first-order valence-corrected chi connectivity index (χ1v) is 8.00. The minimum Gasteiger partial charge on any atom is -0.481 e. The van der Waals surface area contributed by atoms with Crippen LogP contribution < -0.4 is 5.32 Å². The van der Waals surface area contributed by atoms with Crippen molar-refractivity contribution in [3.05, 3.63) is 35.9 Å². The van der Waals surface area contributed by atoms with Crippen molar-refractivity contribution in [3.63, 3.8) is 0 Å². The van der Waals surface area contributed by atoms with Crippen LogP contribution in [0, 0.1) is 17.8 Å². The summed E-state index contributed by atoms with van der Waals surface area (Å²) in [6.07, 6.45) is -0.687. The summed E-state index contributed by atoms with van der Waals surface area (Å²) in [5.41, 5.74) is 0.890. The van der Waals surface area contributed by atoms with Crippen LogP contribution >= 0.6 is 0 Å². The van der Waals surface area contributed by atoms with Crippen LogP contribution in [0.25, 0.3) is 0 Å². The maximum absolute atomic E-state index is 12.0. The lowest BCUT2D eigenvalue weighted by Gasteiger charge is -2.32. The van der Waals surface area contributed by atoms with Gasteiger partial charge in [-0.3, -0.25) is 4.79 Å². The first-order chi connectivity index (χ1) is 10.8. The van der Waals surface area contributed by atoms with Gasteiger partial charge in [0, 0.05) is 6.04 Å². The van der Waals surface area contributed by atoms with Crippen LogP contribution in [-0.2, 0) is 16.1 Å². The Hall–Kier alpha value is -2.04. The molecule has 0 aliphatic carbocycles. The number of benzene rings is 1. The molecule has 0 bridgehead atoms. The maximum Gasteiger partial charge on any atom is 0.407 e. The molecule has 0 heterocycles. The number of hydrogen-bond acceptors (Lipinski definition) is 3. The van der Waals surface area contributed by atoms with E-state index in [4.69, 9.17) is 9.84 Å². The second-order valence-corrected chi connectivity index (χ2v) is 6.48. The Morgan fingerprint density at radius 1 is 1.09 bits per heavy atom. The molecule has 23 heavy (non-hydrogen) atoms. The van der Waals surface area contributed by atoms with Crippen LogP contribution in [0.1, 0.15) is 39.7 Å². The molecule has 0 saturated carbocycles. The van der Waals surface area contributed by atoms with E-state index in [-0.39, 0.29) is 30.8 Å². The number of carbonyl (C=O) groups excluding carboxylic acids is 1. The number of nitrogens with one attached hydrogen (secondary N) is 1. The number of carbonyl (C=O) groups is 2. The molecule has 0 aliphatic heterocycles. The largest absolute Gasteiger partial charge is 0.481 e. The number of carboxylic acid groups (broad SMARTS) is 1. The highest BCUT2D eigenvalue weighted by Crippen LogP contribution is 2.26. The van der Waals surface area contributed by atoms with E-state index in [1.165, 1.54) is 0 Å². The Balaban J connectivity index is 2.68. The van der Waals surface area contributed by atoms with E-state index >= 15 is 0 Å². The second kappa shape index (κ2) is 9.18. The molecule has 0 fully saturated rings. The molecule has 0 spiro atoms. The van der Waals surface area contributed by atoms with Crippen molar-refractivity contribution in [3.8, 4) is 0 Å². The van der Waals surface area contributed by atoms with Gasteiger partial charge in [-0.1, -0.05) is 58.0 Å². The van der Waals surface area contributed by atoms with Gasteiger partial charge in [-0.25, -0.2) is 4.79 Å². The molecule has 0 radical (unpaired) electrons. The van der Waals surface area contributed by atoms with Crippen molar-refractivity contribution in [2.45, 2.75) is 46.8 Å². The van der Waals surface area contributed by atoms with Gasteiger partial charge in [0.05, 0.1) is 6.42 Å².